The maximum Gasteiger partial charge on any atom is 0.160 e. The van der Waals surface area contributed by atoms with Crippen molar-refractivity contribution in [2.24, 2.45) is 0 Å². The molecule has 1 atom stereocenters. The molecule has 0 aliphatic heterocycles. The lowest BCUT2D eigenvalue weighted by molar-refractivity contribution is 0.589. The molecule has 2 aromatic rings. The molecule has 0 aromatic carbocycles. The van der Waals surface area contributed by atoms with Gasteiger partial charge in [0.1, 0.15) is 21.2 Å². The second-order valence-electron chi connectivity index (χ2n) is 4.72. The lowest BCUT2D eigenvalue weighted by Crippen LogP contribution is -2.10. The van der Waals surface area contributed by atoms with Gasteiger partial charge in [0.15, 0.2) is 5.65 Å². The third-order valence-electron chi connectivity index (χ3n) is 2.83. The van der Waals surface area contributed by atoms with Crippen LogP contribution < -0.4 is 0 Å². The van der Waals surface area contributed by atoms with Crippen molar-refractivity contribution in [3.63, 3.8) is 0 Å². The van der Waals surface area contributed by atoms with Crippen LogP contribution in [0.25, 0.3) is 11.2 Å². The molecule has 0 aliphatic rings. The second kappa shape index (κ2) is 5.87. The van der Waals surface area contributed by atoms with Crippen molar-refractivity contribution in [3.8, 4) is 0 Å². The lowest BCUT2D eigenvalue weighted by atomic mass is 10.4. The van der Waals surface area contributed by atoms with E-state index in [0.29, 0.717) is 35.0 Å². The number of pyridine rings is 1. The van der Waals surface area contributed by atoms with Gasteiger partial charge in [0.05, 0.1) is 16.2 Å². The number of hydrogen-bond donors (Lipinski definition) is 0. The van der Waals surface area contributed by atoms with Crippen molar-refractivity contribution < 1.29 is 8.42 Å². The molecule has 0 saturated heterocycles. The molecule has 0 bridgehead atoms. The first-order valence-corrected chi connectivity index (χ1v) is 8.99. The highest BCUT2D eigenvalue weighted by atomic mass is 35.5. The highest BCUT2D eigenvalue weighted by Gasteiger charge is 2.16. The fourth-order valence-corrected chi connectivity index (χ4v) is 2.99. The van der Waals surface area contributed by atoms with E-state index in [4.69, 9.17) is 23.2 Å². The van der Waals surface area contributed by atoms with Gasteiger partial charge in [-0.05, 0) is 19.4 Å². The Morgan fingerprint density at radius 2 is 2.15 bits per heavy atom. The summed E-state index contributed by atoms with van der Waals surface area (Å²) in [6, 6.07) is 1.72. The topological polar surface area (TPSA) is 64.8 Å². The number of sulfone groups is 1. The van der Waals surface area contributed by atoms with Crippen LogP contribution in [0.3, 0.4) is 0 Å². The second-order valence-corrected chi connectivity index (χ2v) is 8.07. The summed E-state index contributed by atoms with van der Waals surface area (Å²) < 4.78 is 24.3. The molecule has 0 N–H and O–H groups in total. The monoisotopic (exact) mass is 335 g/mol. The van der Waals surface area contributed by atoms with E-state index in [9.17, 15) is 8.42 Å². The highest BCUT2D eigenvalue weighted by molar-refractivity contribution is 7.90. The van der Waals surface area contributed by atoms with Gasteiger partial charge in [0.2, 0.25) is 0 Å². The molecular weight excluding hydrogens is 321 g/mol. The van der Waals surface area contributed by atoms with Gasteiger partial charge < -0.3 is 4.57 Å². The summed E-state index contributed by atoms with van der Waals surface area (Å²) in [6.07, 6.45) is 3.26. The van der Waals surface area contributed by atoms with E-state index in [1.54, 1.807) is 12.3 Å². The van der Waals surface area contributed by atoms with E-state index in [2.05, 4.69) is 9.97 Å². The smallest absolute Gasteiger partial charge is 0.160 e. The van der Waals surface area contributed by atoms with Crippen molar-refractivity contribution >= 4 is 44.2 Å². The van der Waals surface area contributed by atoms with Gasteiger partial charge in [-0.1, -0.05) is 11.6 Å². The largest absolute Gasteiger partial charge is 0.311 e. The van der Waals surface area contributed by atoms with Crippen molar-refractivity contribution in [1.82, 2.24) is 14.5 Å². The Kier molecular flexibility index (Phi) is 4.56. The molecule has 0 amide bonds. The number of hydrogen-bond acceptors (Lipinski definition) is 4. The minimum atomic E-state index is -2.98. The quantitative estimate of drug-likeness (QED) is 0.788. The zero-order chi connectivity index (χ0) is 14.9. The summed E-state index contributed by atoms with van der Waals surface area (Å²) in [6.45, 7) is 2.32. The Morgan fingerprint density at radius 3 is 2.75 bits per heavy atom. The van der Waals surface area contributed by atoms with Gasteiger partial charge in [0, 0.05) is 19.0 Å². The molecule has 0 aliphatic carbocycles. The van der Waals surface area contributed by atoms with Gasteiger partial charge in [-0.2, -0.15) is 0 Å². The Hall–Kier alpha value is -0.850. The highest BCUT2D eigenvalue weighted by Crippen LogP contribution is 2.25. The normalized spacial score (nSPS) is 13.8. The standard InChI is InChI=1S/C12H15Cl2N3O2S/c1-8(13)11-16-10-6-9(14)7-15-12(10)17(11)4-3-5-20(2,18)19/h6-8H,3-5H2,1-2H3. The summed E-state index contributed by atoms with van der Waals surface area (Å²) in [5, 5.41) is 0.216. The van der Waals surface area contributed by atoms with E-state index in [1.165, 1.54) is 6.26 Å². The van der Waals surface area contributed by atoms with Crippen molar-refractivity contribution in [2.75, 3.05) is 12.0 Å². The number of imidazole rings is 1. The molecule has 8 heteroatoms. The number of halogens is 2. The maximum atomic E-state index is 11.2. The van der Waals surface area contributed by atoms with Crippen LogP contribution >= 0.6 is 23.2 Å². The first-order chi connectivity index (χ1) is 9.28. The summed E-state index contributed by atoms with van der Waals surface area (Å²) in [4.78, 5) is 8.68. The van der Waals surface area contributed by atoms with Crippen LogP contribution in [0, 0.1) is 0 Å². The van der Waals surface area contributed by atoms with Crippen molar-refractivity contribution in [2.45, 2.75) is 25.3 Å². The Morgan fingerprint density at radius 1 is 1.45 bits per heavy atom. The molecular formula is C12H15Cl2N3O2S. The Balaban J connectivity index is 2.36. The van der Waals surface area contributed by atoms with E-state index in [0.717, 1.165) is 0 Å². The predicted molar refractivity (Wildman–Crippen MR) is 81.1 cm³/mol. The molecule has 20 heavy (non-hydrogen) atoms. The van der Waals surface area contributed by atoms with Gasteiger partial charge in [-0.25, -0.2) is 18.4 Å². The van der Waals surface area contributed by atoms with E-state index in [-0.39, 0.29) is 11.1 Å². The molecule has 0 spiro atoms. The van der Waals surface area contributed by atoms with Crippen LogP contribution in [0.2, 0.25) is 5.02 Å². The Labute approximate surface area is 127 Å². The number of fused-ring (bicyclic) bond motifs is 1. The summed E-state index contributed by atoms with van der Waals surface area (Å²) in [5.41, 5.74) is 1.34. The van der Waals surface area contributed by atoms with Crippen LogP contribution in [0.1, 0.15) is 24.5 Å². The zero-order valence-corrected chi connectivity index (χ0v) is 13.5. The molecule has 2 aromatic heterocycles. The predicted octanol–water partition coefficient (Wildman–Crippen LogP) is 2.82. The first-order valence-electron chi connectivity index (χ1n) is 6.11. The third-order valence-corrected chi connectivity index (χ3v) is 4.27. The molecule has 0 radical (unpaired) electrons. The van der Waals surface area contributed by atoms with Gasteiger partial charge in [-0.15, -0.1) is 11.6 Å². The van der Waals surface area contributed by atoms with Gasteiger partial charge in [-0.3, -0.25) is 0 Å². The zero-order valence-electron chi connectivity index (χ0n) is 11.2. The minimum absolute atomic E-state index is 0.121. The average Bonchev–Trinajstić information content (AvgIpc) is 2.66. The first kappa shape index (κ1) is 15.5. The number of rotatable bonds is 5. The number of aromatic nitrogens is 3. The number of alkyl halides is 1. The molecule has 0 saturated carbocycles. The Bertz CT molecular complexity index is 726. The molecule has 5 nitrogen and oxygen atoms in total. The molecule has 1 unspecified atom stereocenters. The van der Waals surface area contributed by atoms with Crippen molar-refractivity contribution in [3.05, 3.63) is 23.1 Å². The molecule has 2 heterocycles. The van der Waals surface area contributed by atoms with Gasteiger partial charge >= 0.3 is 0 Å². The SMILES string of the molecule is CC(Cl)c1nc2cc(Cl)cnc2n1CCCS(C)(=O)=O. The fourth-order valence-electron chi connectivity index (χ4n) is 2.01. The third kappa shape index (κ3) is 3.62. The van der Waals surface area contributed by atoms with E-state index >= 15 is 0 Å². The molecule has 110 valence electrons. The number of nitrogens with zero attached hydrogens (tertiary/aromatic N) is 3. The van der Waals surface area contributed by atoms with Crippen LogP contribution in [-0.4, -0.2) is 35.0 Å². The maximum absolute atomic E-state index is 11.2. The van der Waals surface area contributed by atoms with E-state index in [1.807, 2.05) is 11.5 Å². The molecule has 2 rings (SSSR count). The van der Waals surface area contributed by atoms with E-state index < -0.39 is 9.84 Å². The number of aryl methyl sites for hydroxylation is 1. The van der Waals surface area contributed by atoms with Crippen LogP contribution in [0.15, 0.2) is 12.3 Å². The summed E-state index contributed by atoms with van der Waals surface area (Å²) in [5.74, 6) is 0.793. The summed E-state index contributed by atoms with van der Waals surface area (Å²) in [7, 11) is -2.98. The van der Waals surface area contributed by atoms with Crippen molar-refractivity contribution in [1.29, 1.82) is 0 Å². The van der Waals surface area contributed by atoms with Gasteiger partial charge in [0.25, 0.3) is 0 Å². The minimum Gasteiger partial charge on any atom is -0.311 e. The fraction of sp³-hybridized carbons (Fsp3) is 0.500. The van der Waals surface area contributed by atoms with Crippen LogP contribution in [0.5, 0.6) is 0 Å². The van der Waals surface area contributed by atoms with Crippen LogP contribution in [-0.2, 0) is 16.4 Å². The summed E-state index contributed by atoms with van der Waals surface area (Å²) >= 11 is 12.0. The molecule has 0 fully saturated rings. The lowest BCUT2D eigenvalue weighted by Gasteiger charge is -2.09. The average molecular weight is 336 g/mol. The van der Waals surface area contributed by atoms with Crippen LogP contribution in [0.4, 0.5) is 0 Å².